The third-order valence-electron chi connectivity index (χ3n) is 2.30. The van der Waals surface area contributed by atoms with Crippen molar-refractivity contribution in [2.45, 2.75) is 13.5 Å². The van der Waals surface area contributed by atoms with Crippen LogP contribution in [0.15, 0.2) is 28.8 Å². The Morgan fingerprint density at radius 2 is 2.28 bits per heavy atom. The molecule has 0 spiro atoms. The first-order chi connectivity index (χ1) is 8.56. The van der Waals surface area contributed by atoms with Crippen molar-refractivity contribution in [1.82, 2.24) is 5.16 Å². The molecule has 0 fully saturated rings. The van der Waals surface area contributed by atoms with E-state index >= 15 is 0 Å². The first kappa shape index (κ1) is 12.0. The van der Waals surface area contributed by atoms with Crippen molar-refractivity contribution in [3.05, 3.63) is 51.7 Å². The van der Waals surface area contributed by atoms with Crippen LogP contribution < -0.4 is 5.32 Å². The van der Waals surface area contributed by atoms with E-state index in [1.807, 2.05) is 0 Å². The second-order valence-corrected chi connectivity index (χ2v) is 3.70. The molecule has 0 bridgehead atoms. The van der Waals surface area contributed by atoms with Gasteiger partial charge in [-0.2, -0.15) is 0 Å². The molecule has 2 rings (SSSR count). The van der Waals surface area contributed by atoms with Crippen LogP contribution in [-0.2, 0) is 6.54 Å². The fourth-order valence-corrected chi connectivity index (χ4v) is 1.45. The van der Waals surface area contributed by atoms with Gasteiger partial charge in [0.15, 0.2) is 5.82 Å². The van der Waals surface area contributed by atoms with Crippen LogP contribution in [-0.4, -0.2) is 10.1 Å². The highest BCUT2D eigenvalue weighted by atomic mass is 19.1. The molecule has 0 saturated carbocycles. The molecule has 18 heavy (non-hydrogen) atoms. The molecule has 0 atom stereocenters. The molecule has 0 amide bonds. The zero-order chi connectivity index (χ0) is 13.1. The highest BCUT2D eigenvalue weighted by Gasteiger charge is 2.10. The summed E-state index contributed by atoms with van der Waals surface area (Å²) >= 11 is 0. The van der Waals surface area contributed by atoms with Crippen LogP contribution in [0, 0.1) is 22.9 Å². The van der Waals surface area contributed by atoms with Crippen molar-refractivity contribution in [2.75, 3.05) is 5.32 Å². The Kier molecular flexibility index (Phi) is 3.22. The summed E-state index contributed by atoms with van der Waals surface area (Å²) in [6.45, 7) is 2.04. The molecule has 2 aromatic rings. The molecule has 7 heteroatoms. The summed E-state index contributed by atoms with van der Waals surface area (Å²) in [6, 6.07) is 5.15. The normalized spacial score (nSPS) is 10.3. The van der Waals surface area contributed by atoms with Crippen molar-refractivity contribution < 1.29 is 13.8 Å². The minimum Gasteiger partial charge on any atom is -0.377 e. The van der Waals surface area contributed by atoms with E-state index in [2.05, 4.69) is 10.5 Å². The Morgan fingerprint density at radius 3 is 2.83 bits per heavy atom. The highest BCUT2D eigenvalue weighted by Crippen LogP contribution is 2.20. The summed E-state index contributed by atoms with van der Waals surface area (Å²) in [5, 5.41) is 17.0. The minimum atomic E-state index is -0.676. The van der Waals surface area contributed by atoms with Gasteiger partial charge in [0.1, 0.15) is 11.5 Å². The van der Waals surface area contributed by atoms with E-state index in [0.29, 0.717) is 11.5 Å². The molecule has 6 nitrogen and oxygen atoms in total. The number of anilines is 1. The molecule has 0 aliphatic heterocycles. The Morgan fingerprint density at radius 1 is 1.50 bits per heavy atom. The third-order valence-corrected chi connectivity index (χ3v) is 2.30. The number of rotatable bonds is 4. The van der Waals surface area contributed by atoms with Crippen molar-refractivity contribution >= 4 is 11.4 Å². The van der Waals surface area contributed by atoms with E-state index < -0.39 is 10.7 Å². The highest BCUT2D eigenvalue weighted by molar-refractivity contribution is 5.50. The lowest BCUT2D eigenvalue weighted by atomic mass is 10.2. The lowest BCUT2D eigenvalue weighted by molar-refractivity contribution is -0.385. The number of aromatic nitrogens is 1. The molecule has 0 radical (unpaired) electrons. The fraction of sp³-hybridized carbons (Fsp3) is 0.182. The van der Waals surface area contributed by atoms with Crippen molar-refractivity contribution in [2.24, 2.45) is 0 Å². The van der Waals surface area contributed by atoms with Gasteiger partial charge in [-0.15, -0.1) is 0 Å². The summed E-state index contributed by atoms with van der Waals surface area (Å²) in [6.07, 6.45) is 0. The molecule has 0 aliphatic carbocycles. The first-order valence-electron chi connectivity index (χ1n) is 5.16. The number of non-ortho nitro benzene ring substituents is 1. The molecule has 0 unspecified atom stereocenters. The number of nitrogens with one attached hydrogen (secondary N) is 1. The summed E-state index contributed by atoms with van der Waals surface area (Å²) in [5.41, 5.74) is 0.529. The summed E-state index contributed by atoms with van der Waals surface area (Å²) in [4.78, 5) is 9.80. The standard InChI is InChI=1S/C11H10FN3O3/c1-7-4-8(14-18-7)6-13-11-3-2-9(15(16)17)5-10(11)12/h2-5,13H,6H2,1H3. The lowest BCUT2D eigenvalue weighted by Crippen LogP contribution is -2.02. The molecule has 1 aromatic heterocycles. The maximum absolute atomic E-state index is 13.5. The fourth-order valence-electron chi connectivity index (χ4n) is 1.45. The zero-order valence-electron chi connectivity index (χ0n) is 9.51. The first-order valence-corrected chi connectivity index (χ1v) is 5.16. The van der Waals surface area contributed by atoms with E-state index in [1.54, 1.807) is 13.0 Å². The van der Waals surface area contributed by atoms with Crippen LogP contribution in [0.5, 0.6) is 0 Å². The van der Waals surface area contributed by atoms with Gasteiger partial charge in [-0.3, -0.25) is 10.1 Å². The molecule has 0 saturated heterocycles. The van der Waals surface area contributed by atoms with Gasteiger partial charge in [0, 0.05) is 12.1 Å². The number of nitrogens with zero attached hydrogens (tertiary/aromatic N) is 2. The van der Waals surface area contributed by atoms with E-state index in [9.17, 15) is 14.5 Å². The average Bonchev–Trinajstić information content (AvgIpc) is 2.73. The van der Waals surface area contributed by atoms with Gasteiger partial charge < -0.3 is 9.84 Å². The van der Waals surface area contributed by atoms with Gasteiger partial charge in [0.05, 0.1) is 23.2 Å². The number of halogens is 1. The van der Waals surface area contributed by atoms with E-state index in [1.165, 1.54) is 12.1 Å². The van der Waals surface area contributed by atoms with Crippen molar-refractivity contribution in [3.63, 3.8) is 0 Å². The summed E-state index contributed by atoms with van der Waals surface area (Å²) < 4.78 is 18.4. The Balaban J connectivity index is 2.08. The van der Waals surface area contributed by atoms with Crippen molar-refractivity contribution in [3.8, 4) is 0 Å². The van der Waals surface area contributed by atoms with E-state index in [4.69, 9.17) is 4.52 Å². The second kappa shape index (κ2) is 4.82. The molecule has 1 aromatic carbocycles. The molecule has 0 aliphatic rings. The number of nitro groups is 1. The van der Waals surface area contributed by atoms with Gasteiger partial charge in [-0.05, 0) is 13.0 Å². The molecule has 1 N–H and O–H groups in total. The average molecular weight is 251 g/mol. The van der Waals surface area contributed by atoms with Crippen LogP contribution in [0.2, 0.25) is 0 Å². The number of aryl methyl sites for hydroxylation is 1. The molecular weight excluding hydrogens is 241 g/mol. The smallest absolute Gasteiger partial charge is 0.272 e. The maximum Gasteiger partial charge on any atom is 0.272 e. The predicted molar refractivity (Wildman–Crippen MR) is 61.6 cm³/mol. The van der Waals surface area contributed by atoms with Crippen LogP contribution in [0.1, 0.15) is 11.5 Å². The topological polar surface area (TPSA) is 81.2 Å². The van der Waals surface area contributed by atoms with Crippen LogP contribution in [0.3, 0.4) is 0 Å². The number of hydrogen-bond donors (Lipinski definition) is 1. The predicted octanol–water partition coefficient (Wildman–Crippen LogP) is 2.64. The quantitative estimate of drug-likeness (QED) is 0.667. The van der Waals surface area contributed by atoms with E-state index in [-0.39, 0.29) is 17.9 Å². The lowest BCUT2D eigenvalue weighted by Gasteiger charge is -2.04. The Bertz CT molecular complexity index is 583. The summed E-state index contributed by atoms with van der Waals surface area (Å²) in [5.74, 6) is -0.0135. The number of nitro benzene ring substituents is 1. The van der Waals surface area contributed by atoms with E-state index in [0.717, 1.165) is 6.07 Å². The number of benzene rings is 1. The van der Waals surface area contributed by atoms with Crippen LogP contribution >= 0.6 is 0 Å². The number of hydrogen-bond acceptors (Lipinski definition) is 5. The van der Waals surface area contributed by atoms with Gasteiger partial charge >= 0.3 is 0 Å². The van der Waals surface area contributed by atoms with Gasteiger partial charge in [-0.1, -0.05) is 5.16 Å². The monoisotopic (exact) mass is 251 g/mol. The van der Waals surface area contributed by atoms with Gasteiger partial charge in [0.2, 0.25) is 0 Å². The third kappa shape index (κ3) is 2.62. The SMILES string of the molecule is Cc1cc(CNc2ccc([N+](=O)[O-])cc2F)no1. The van der Waals surface area contributed by atoms with Crippen LogP contribution in [0.25, 0.3) is 0 Å². The van der Waals surface area contributed by atoms with Gasteiger partial charge in [-0.25, -0.2) is 4.39 Å². The van der Waals surface area contributed by atoms with Gasteiger partial charge in [0.25, 0.3) is 5.69 Å². The minimum absolute atomic E-state index is 0.182. The maximum atomic E-state index is 13.5. The second-order valence-electron chi connectivity index (χ2n) is 3.70. The Labute approximate surface area is 102 Å². The van der Waals surface area contributed by atoms with Crippen molar-refractivity contribution in [1.29, 1.82) is 0 Å². The van der Waals surface area contributed by atoms with Crippen LogP contribution in [0.4, 0.5) is 15.8 Å². The zero-order valence-corrected chi connectivity index (χ0v) is 9.51. The molecular formula is C11H10FN3O3. The summed E-state index contributed by atoms with van der Waals surface area (Å²) in [7, 11) is 0. The molecule has 1 heterocycles. The largest absolute Gasteiger partial charge is 0.377 e. The molecule has 94 valence electrons. The Hall–Kier alpha value is -2.44.